The molecule has 1 fully saturated rings. The maximum absolute atomic E-state index is 12.0. The standard InChI is InChI=1S/C15H20N2O4/c1-10-7-13(18)12(15(20)21)8-17(10)9-14(19)16-11-5-3-2-4-6-11/h7-8,11H,2-6,9H2,1H3,(H,16,19)(H,20,21). The molecular weight excluding hydrogens is 272 g/mol. The van der Waals surface area contributed by atoms with Gasteiger partial charge in [0.1, 0.15) is 12.1 Å². The lowest BCUT2D eigenvalue weighted by Gasteiger charge is -2.23. The molecule has 6 heteroatoms. The molecule has 1 aliphatic carbocycles. The molecule has 1 saturated carbocycles. The Balaban J connectivity index is 2.07. The summed E-state index contributed by atoms with van der Waals surface area (Å²) < 4.78 is 1.50. The Labute approximate surface area is 122 Å². The van der Waals surface area contributed by atoms with Crippen molar-refractivity contribution in [2.45, 2.75) is 51.6 Å². The van der Waals surface area contributed by atoms with Crippen molar-refractivity contribution in [3.63, 3.8) is 0 Å². The molecule has 6 nitrogen and oxygen atoms in total. The Kier molecular flexibility index (Phi) is 4.77. The fourth-order valence-corrected chi connectivity index (χ4v) is 2.68. The Morgan fingerprint density at radius 3 is 2.62 bits per heavy atom. The van der Waals surface area contributed by atoms with Gasteiger partial charge in [0.05, 0.1) is 0 Å². The summed E-state index contributed by atoms with van der Waals surface area (Å²) in [6.45, 7) is 1.71. The SMILES string of the molecule is Cc1cc(=O)c(C(=O)O)cn1CC(=O)NC1CCCCC1. The second-order valence-electron chi connectivity index (χ2n) is 5.53. The van der Waals surface area contributed by atoms with Crippen molar-refractivity contribution in [2.75, 3.05) is 0 Å². The van der Waals surface area contributed by atoms with Crippen LogP contribution in [-0.4, -0.2) is 27.6 Å². The molecule has 0 aromatic carbocycles. The number of carbonyl (C=O) groups is 2. The normalized spacial score (nSPS) is 15.7. The summed E-state index contributed by atoms with van der Waals surface area (Å²) in [5.41, 5.74) is -0.279. The molecule has 1 aromatic heterocycles. The maximum atomic E-state index is 12.0. The van der Waals surface area contributed by atoms with Crippen LogP contribution in [0.5, 0.6) is 0 Å². The fourth-order valence-electron chi connectivity index (χ4n) is 2.68. The summed E-state index contributed by atoms with van der Waals surface area (Å²) in [6.07, 6.45) is 6.70. The molecule has 0 saturated heterocycles. The molecule has 2 rings (SSSR count). The largest absolute Gasteiger partial charge is 0.477 e. The first kappa shape index (κ1) is 15.3. The van der Waals surface area contributed by atoms with Crippen molar-refractivity contribution in [1.82, 2.24) is 9.88 Å². The third kappa shape index (κ3) is 3.93. The molecule has 1 amide bonds. The van der Waals surface area contributed by atoms with Gasteiger partial charge in [0.25, 0.3) is 0 Å². The van der Waals surface area contributed by atoms with Crippen molar-refractivity contribution in [1.29, 1.82) is 0 Å². The monoisotopic (exact) mass is 292 g/mol. The molecule has 2 N–H and O–H groups in total. The predicted molar refractivity (Wildman–Crippen MR) is 77.4 cm³/mol. The fraction of sp³-hybridized carbons (Fsp3) is 0.533. The summed E-state index contributed by atoms with van der Waals surface area (Å²) in [7, 11) is 0. The number of amides is 1. The van der Waals surface area contributed by atoms with Gasteiger partial charge in [0, 0.05) is 24.0 Å². The topological polar surface area (TPSA) is 88.4 Å². The van der Waals surface area contributed by atoms with E-state index in [0.717, 1.165) is 25.7 Å². The summed E-state index contributed by atoms with van der Waals surface area (Å²) in [6, 6.07) is 1.46. The van der Waals surface area contributed by atoms with Crippen LogP contribution in [0.3, 0.4) is 0 Å². The molecule has 0 atom stereocenters. The van der Waals surface area contributed by atoms with Gasteiger partial charge in [-0.1, -0.05) is 19.3 Å². The van der Waals surface area contributed by atoms with Gasteiger partial charge in [-0.05, 0) is 19.8 Å². The van der Waals surface area contributed by atoms with Gasteiger partial charge in [-0.3, -0.25) is 9.59 Å². The second kappa shape index (κ2) is 6.56. The molecule has 1 heterocycles. The lowest BCUT2D eigenvalue weighted by Crippen LogP contribution is -2.38. The maximum Gasteiger partial charge on any atom is 0.341 e. The van der Waals surface area contributed by atoms with E-state index in [9.17, 15) is 14.4 Å². The molecular formula is C15H20N2O4. The molecule has 0 aliphatic heterocycles. The van der Waals surface area contributed by atoms with Gasteiger partial charge in [0.15, 0.2) is 5.43 Å². The number of aromatic nitrogens is 1. The lowest BCUT2D eigenvalue weighted by molar-refractivity contribution is -0.122. The predicted octanol–water partition coefficient (Wildman–Crippen LogP) is 1.30. The highest BCUT2D eigenvalue weighted by molar-refractivity contribution is 5.87. The number of hydrogen-bond donors (Lipinski definition) is 2. The summed E-state index contributed by atoms with van der Waals surface area (Å²) in [5, 5.41) is 11.9. The van der Waals surface area contributed by atoms with Crippen molar-refractivity contribution >= 4 is 11.9 Å². The highest BCUT2D eigenvalue weighted by Crippen LogP contribution is 2.17. The number of carboxylic acids is 1. The smallest absolute Gasteiger partial charge is 0.341 e. The summed E-state index contributed by atoms with van der Waals surface area (Å²) >= 11 is 0. The number of pyridine rings is 1. The number of hydrogen-bond acceptors (Lipinski definition) is 3. The van der Waals surface area contributed by atoms with Gasteiger partial charge in [-0.25, -0.2) is 4.79 Å². The van der Waals surface area contributed by atoms with Crippen molar-refractivity contribution in [2.24, 2.45) is 0 Å². The highest BCUT2D eigenvalue weighted by atomic mass is 16.4. The number of carboxylic acid groups (broad SMARTS) is 1. The van der Waals surface area contributed by atoms with Crippen LogP contribution in [0.15, 0.2) is 17.1 Å². The van der Waals surface area contributed by atoms with Crippen molar-refractivity contribution in [3.05, 3.63) is 33.7 Å². The molecule has 114 valence electrons. The van der Waals surface area contributed by atoms with Gasteiger partial charge < -0.3 is 15.0 Å². The van der Waals surface area contributed by atoms with Crippen LogP contribution in [-0.2, 0) is 11.3 Å². The first-order valence-corrected chi connectivity index (χ1v) is 7.21. The minimum absolute atomic E-state index is 0.0306. The Bertz CT molecular complexity index is 600. The number of rotatable bonds is 4. The number of carbonyl (C=O) groups excluding carboxylic acids is 1. The Hall–Kier alpha value is -2.11. The lowest BCUT2D eigenvalue weighted by atomic mass is 9.95. The minimum atomic E-state index is -1.28. The van der Waals surface area contributed by atoms with Crippen LogP contribution in [0, 0.1) is 6.92 Å². The zero-order valence-corrected chi connectivity index (χ0v) is 12.1. The molecule has 0 unspecified atom stereocenters. The van der Waals surface area contributed by atoms with Crippen LogP contribution in [0.25, 0.3) is 0 Å². The van der Waals surface area contributed by atoms with Gasteiger partial charge in [0.2, 0.25) is 5.91 Å². The van der Waals surface area contributed by atoms with Crippen LogP contribution in [0.4, 0.5) is 0 Å². The van der Waals surface area contributed by atoms with E-state index in [1.54, 1.807) is 6.92 Å². The van der Waals surface area contributed by atoms with Crippen molar-refractivity contribution in [3.8, 4) is 0 Å². The quantitative estimate of drug-likeness (QED) is 0.875. The zero-order valence-electron chi connectivity index (χ0n) is 12.1. The number of aryl methyl sites for hydroxylation is 1. The van der Waals surface area contributed by atoms with E-state index in [1.165, 1.54) is 23.3 Å². The first-order valence-electron chi connectivity index (χ1n) is 7.21. The number of aromatic carboxylic acids is 1. The average molecular weight is 292 g/mol. The second-order valence-corrected chi connectivity index (χ2v) is 5.53. The van der Waals surface area contributed by atoms with Crippen LogP contribution in [0.1, 0.15) is 48.2 Å². The zero-order chi connectivity index (χ0) is 15.4. The molecule has 0 radical (unpaired) electrons. The van der Waals surface area contributed by atoms with Crippen LogP contribution >= 0.6 is 0 Å². The summed E-state index contributed by atoms with van der Waals surface area (Å²) in [4.78, 5) is 34.6. The number of nitrogens with zero attached hydrogens (tertiary/aromatic N) is 1. The molecule has 1 aromatic rings. The minimum Gasteiger partial charge on any atom is -0.477 e. The Morgan fingerprint density at radius 1 is 1.33 bits per heavy atom. The third-order valence-corrected chi connectivity index (χ3v) is 3.86. The van der Waals surface area contributed by atoms with E-state index < -0.39 is 11.4 Å². The molecule has 0 spiro atoms. The van der Waals surface area contributed by atoms with Crippen LogP contribution in [0.2, 0.25) is 0 Å². The van der Waals surface area contributed by atoms with E-state index in [0.29, 0.717) is 5.69 Å². The van der Waals surface area contributed by atoms with Gasteiger partial charge in [-0.15, -0.1) is 0 Å². The number of nitrogens with one attached hydrogen (secondary N) is 1. The highest BCUT2D eigenvalue weighted by Gasteiger charge is 2.17. The van der Waals surface area contributed by atoms with Crippen LogP contribution < -0.4 is 10.7 Å². The van der Waals surface area contributed by atoms with E-state index in [-0.39, 0.29) is 24.1 Å². The molecule has 0 bridgehead atoms. The molecule has 1 aliphatic rings. The molecule has 21 heavy (non-hydrogen) atoms. The van der Waals surface area contributed by atoms with E-state index in [1.807, 2.05) is 0 Å². The van der Waals surface area contributed by atoms with E-state index in [4.69, 9.17) is 5.11 Å². The van der Waals surface area contributed by atoms with E-state index in [2.05, 4.69) is 5.32 Å². The first-order chi connectivity index (χ1) is 9.97. The van der Waals surface area contributed by atoms with Gasteiger partial charge >= 0.3 is 5.97 Å². The third-order valence-electron chi connectivity index (χ3n) is 3.86. The van der Waals surface area contributed by atoms with Crippen molar-refractivity contribution < 1.29 is 14.7 Å². The summed E-state index contributed by atoms with van der Waals surface area (Å²) in [5.74, 6) is -1.42. The van der Waals surface area contributed by atoms with Gasteiger partial charge in [-0.2, -0.15) is 0 Å². The average Bonchev–Trinajstić information content (AvgIpc) is 2.42. The van der Waals surface area contributed by atoms with E-state index >= 15 is 0 Å². The Morgan fingerprint density at radius 2 is 2.00 bits per heavy atom.